The van der Waals surface area contributed by atoms with Gasteiger partial charge in [0, 0.05) is 0 Å². The van der Waals surface area contributed by atoms with Crippen LogP contribution in [0.15, 0.2) is 109 Å². The molecule has 235 valence electrons. The first kappa shape index (κ1) is 35.4. The molecular formula is C44H41Cl2Zr. The van der Waals surface area contributed by atoms with E-state index in [-0.39, 0.29) is 41.6 Å². The van der Waals surface area contributed by atoms with Crippen LogP contribution in [0, 0.1) is 6.92 Å². The van der Waals surface area contributed by atoms with Gasteiger partial charge in [0.1, 0.15) is 0 Å². The van der Waals surface area contributed by atoms with E-state index >= 15 is 0 Å². The van der Waals surface area contributed by atoms with Crippen LogP contribution < -0.4 is 35.3 Å². The van der Waals surface area contributed by atoms with E-state index in [0.717, 1.165) is 0 Å². The molecular weight excluding hydrogens is 691 g/mol. The largest absolute Gasteiger partial charge is 1.00 e. The van der Waals surface area contributed by atoms with Gasteiger partial charge in [-0.1, -0.05) is 0 Å². The van der Waals surface area contributed by atoms with E-state index in [9.17, 15) is 0 Å². The molecule has 2 aliphatic rings. The molecule has 0 heterocycles. The van der Waals surface area contributed by atoms with E-state index in [1.54, 1.807) is 0 Å². The van der Waals surface area contributed by atoms with Gasteiger partial charge >= 0.3 is 286 Å². The van der Waals surface area contributed by atoms with Crippen LogP contribution in [0.25, 0.3) is 26.1 Å². The van der Waals surface area contributed by atoms with Gasteiger partial charge in [0.15, 0.2) is 0 Å². The fourth-order valence-corrected chi connectivity index (χ4v) is 8.76. The van der Waals surface area contributed by atoms with Crippen molar-refractivity contribution < 1.29 is 49.5 Å². The molecule has 0 aromatic heterocycles. The number of halogens is 2. The summed E-state index contributed by atoms with van der Waals surface area (Å²) in [6.07, 6.45) is 4.84. The molecule has 2 aliphatic carbocycles. The molecule has 0 bridgehead atoms. The summed E-state index contributed by atoms with van der Waals surface area (Å²) in [4.78, 5) is 0. The molecule has 0 radical (unpaired) electrons. The van der Waals surface area contributed by atoms with Crippen LogP contribution in [-0.2, 0) is 35.5 Å². The van der Waals surface area contributed by atoms with Crippen molar-refractivity contribution in [1.82, 2.24) is 0 Å². The number of hydrogen-bond acceptors (Lipinski definition) is 0. The van der Waals surface area contributed by atoms with Gasteiger partial charge in [0.25, 0.3) is 0 Å². The first-order valence-corrected chi connectivity index (χ1v) is 17.4. The van der Waals surface area contributed by atoms with E-state index in [0.29, 0.717) is 0 Å². The van der Waals surface area contributed by atoms with Crippen molar-refractivity contribution in [2.24, 2.45) is 0 Å². The van der Waals surface area contributed by atoms with Crippen LogP contribution in [0.3, 0.4) is 0 Å². The Kier molecular flexibility index (Phi) is 9.90. The summed E-state index contributed by atoms with van der Waals surface area (Å²) in [5.74, 6) is 0.198. The SMILES string of the molecule is Cc1cccc2c1C(c1c(C(C)(C)C)c(=C(c3ccccc3)c3ccccc3)cc3c1=[C]([Zr+2])c1cc(C(C)(C)C)ccc1-3)C=C2.[Cl-].[Cl-]. The predicted octanol–water partition coefficient (Wildman–Crippen LogP) is 3.69. The molecule has 1 atom stereocenters. The first-order chi connectivity index (χ1) is 21.4. The molecule has 5 aromatic carbocycles. The summed E-state index contributed by atoms with van der Waals surface area (Å²) in [6, 6.07) is 38.7. The van der Waals surface area contributed by atoms with Gasteiger partial charge in [-0.3, -0.25) is 0 Å². The maximum absolute atomic E-state index is 2.55. The van der Waals surface area contributed by atoms with Crippen molar-refractivity contribution in [2.45, 2.75) is 65.2 Å². The normalized spacial score (nSPS) is 14.6. The summed E-state index contributed by atoms with van der Waals surface area (Å²) in [7, 11) is 0. The first-order valence-electron chi connectivity index (χ1n) is 16.2. The average Bonchev–Trinajstić information content (AvgIpc) is 3.57. The fourth-order valence-electron chi connectivity index (χ4n) is 7.59. The smallest absolute Gasteiger partial charge is 1.00 e. The minimum absolute atomic E-state index is 0. The zero-order chi connectivity index (χ0) is 31.7. The van der Waals surface area contributed by atoms with Crippen molar-refractivity contribution in [3.05, 3.63) is 170 Å². The van der Waals surface area contributed by atoms with Gasteiger partial charge in [-0.05, 0) is 0 Å². The van der Waals surface area contributed by atoms with Gasteiger partial charge in [0.05, 0.1) is 0 Å². The Bertz CT molecular complexity index is 2090. The number of allylic oxidation sites excluding steroid dienone is 1. The molecule has 0 spiro atoms. The van der Waals surface area contributed by atoms with Gasteiger partial charge in [-0.15, -0.1) is 0 Å². The van der Waals surface area contributed by atoms with Crippen LogP contribution in [0.2, 0.25) is 0 Å². The molecule has 0 saturated carbocycles. The standard InChI is InChI=1S/C44H41.2ClH.Zr/c1-28-15-14-20-31-21-23-35(39(28)31)41-37-26-32-25-33(43(2,3)4)22-24-34(32)36(37)27-38(42(41)44(5,6)7)40(29-16-10-8-11-17-29)30-18-12-9-13-19-30;;;/h8-25,27,35H,1-7H3;2*1H;/q;;;+2/p-2. The Labute approximate surface area is 308 Å². The molecule has 0 fully saturated rings. The predicted molar refractivity (Wildman–Crippen MR) is 188 cm³/mol. The van der Waals surface area contributed by atoms with Crippen molar-refractivity contribution in [1.29, 1.82) is 0 Å². The zero-order valence-corrected chi connectivity index (χ0v) is 32.3. The summed E-state index contributed by atoms with van der Waals surface area (Å²) >= 11 is 1.47. The maximum Gasteiger partial charge on any atom is -1.00 e. The van der Waals surface area contributed by atoms with E-state index < -0.39 is 0 Å². The van der Waals surface area contributed by atoms with Gasteiger partial charge in [-0.25, -0.2) is 0 Å². The molecule has 0 amide bonds. The third kappa shape index (κ3) is 6.10. The second-order valence-electron chi connectivity index (χ2n) is 14.8. The van der Waals surface area contributed by atoms with E-state index in [4.69, 9.17) is 0 Å². The quantitative estimate of drug-likeness (QED) is 0.266. The topological polar surface area (TPSA) is 0 Å². The van der Waals surface area contributed by atoms with Crippen molar-refractivity contribution in [2.75, 3.05) is 0 Å². The molecule has 0 saturated heterocycles. The number of aryl methyl sites for hydroxylation is 1. The van der Waals surface area contributed by atoms with Crippen LogP contribution in [-0.4, -0.2) is 0 Å². The Hall–Kier alpha value is -2.96. The average molecular weight is 732 g/mol. The summed E-state index contributed by atoms with van der Waals surface area (Å²) in [5, 5.41) is 2.81. The molecule has 0 nitrogen and oxygen atoms in total. The van der Waals surface area contributed by atoms with E-state index in [1.165, 1.54) is 105 Å². The molecule has 3 heteroatoms. The number of fused-ring (bicyclic) bond motifs is 4. The van der Waals surface area contributed by atoms with E-state index in [1.807, 2.05) is 0 Å². The Morgan fingerprint density at radius 3 is 1.81 bits per heavy atom. The molecule has 7 rings (SSSR count). The zero-order valence-electron chi connectivity index (χ0n) is 28.3. The van der Waals surface area contributed by atoms with E-state index in [2.05, 4.69) is 164 Å². The number of hydrogen-bond donors (Lipinski definition) is 0. The van der Waals surface area contributed by atoms with Crippen molar-refractivity contribution >= 4 is 14.9 Å². The maximum atomic E-state index is 2.55. The van der Waals surface area contributed by atoms with Crippen LogP contribution in [0.5, 0.6) is 0 Å². The van der Waals surface area contributed by atoms with Gasteiger partial charge in [-0.2, -0.15) is 0 Å². The van der Waals surface area contributed by atoms with Gasteiger partial charge < -0.3 is 24.8 Å². The third-order valence-corrected chi connectivity index (χ3v) is 10.9. The second-order valence-corrected chi connectivity index (χ2v) is 16.0. The number of rotatable bonds is 3. The van der Waals surface area contributed by atoms with Crippen LogP contribution in [0.4, 0.5) is 0 Å². The summed E-state index contributed by atoms with van der Waals surface area (Å²) < 4.78 is 1.49. The van der Waals surface area contributed by atoms with Crippen LogP contribution in [0.1, 0.15) is 97.5 Å². The summed E-state index contributed by atoms with van der Waals surface area (Å²) in [5.41, 5.74) is 16.5. The Morgan fingerprint density at radius 2 is 1.23 bits per heavy atom. The Morgan fingerprint density at radius 1 is 0.617 bits per heavy atom. The molecule has 47 heavy (non-hydrogen) atoms. The second kappa shape index (κ2) is 13.2. The van der Waals surface area contributed by atoms with Crippen molar-refractivity contribution in [3.8, 4) is 11.1 Å². The minimum Gasteiger partial charge on any atom is -1.00 e. The minimum atomic E-state index is -0.102. The monoisotopic (exact) mass is 729 g/mol. The fraction of sp³-hybridized carbons (Fsp3) is 0.227. The van der Waals surface area contributed by atoms with Crippen molar-refractivity contribution in [3.63, 3.8) is 0 Å². The number of benzene rings is 5. The molecule has 0 aliphatic heterocycles. The van der Waals surface area contributed by atoms with Gasteiger partial charge in [0.2, 0.25) is 0 Å². The molecule has 1 unspecified atom stereocenters. The summed E-state index contributed by atoms with van der Waals surface area (Å²) in [6.45, 7) is 16.5. The third-order valence-electron chi connectivity index (χ3n) is 9.65. The molecule has 5 aromatic rings. The molecule has 0 N–H and O–H groups in total. The van der Waals surface area contributed by atoms with Crippen LogP contribution >= 0.6 is 0 Å². The Balaban J connectivity index is 0.00000217.